The average Bonchev–Trinajstić information content (AvgIpc) is 2.15. The summed E-state index contributed by atoms with van der Waals surface area (Å²) in [5.74, 6) is -0.310. The molecule has 0 saturated carbocycles. The van der Waals surface area contributed by atoms with Gasteiger partial charge in [-0.3, -0.25) is 0 Å². The smallest absolute Gasteiger partial charge is 0.404 e. The Morgan fingerprint density at radius 1 is 1.47 bits per heavy atom. The molecule has 1 aromatic rings. The molecule has 0 spiro atoms. The highest BCUT2D eigenvalue weighted by atomic mass is 19.1. The Labute approximate surface area is 87.9 Å². The second-order valence-electron chi connectivity index (χ2n) is 4.02. The molecule has 82 valence electrons. The van der Waals surface area contributed by atoms with Crippen molar-refractivity contribution in [3.8, 4) is 0 Å². The molecule has 0 heterocycles. The van der Waals surface area contributed by atoms with Gasteiger partial charge in [0, 0.05) is 12.0 Å². The quantitative estimate of drug-likeness (QED) is 0.806. The van der Waals surface area contributed by atoms with Gasteiger partial charge in [0.15, 0.2) is 0 Å². The van der Waals surface area contributed by atoms with E-state index in [9.17, 15) is 9.18 Å². The van der Waals surface area contributed by atoms with Crippen LogP contribution in [-0.4, -0.2) is 17.7 Å². The Balaban J connectivity index is 2.85. The van der Waals surface area contributed by atoms with Gasteiger partial charge in [0.05, 0.1) is 0 Å². The van der Waals surface area contributed by atoms with Crippen molar-refractivity contribution < 1.29 is 14.3 Å². The lowest BCUT2D eigenvalue weighted by molar-refractivity contribution is 0.191. The molecule has 4 heteroatoms. The van der Waals surface area contributed by atoms with Crippen LogP contribution in [0.25, 0.3) is 0 Å². The zero-order valence-electron chi connectivity index (χ0n) is 8.75. The summed E-state index contributed by atoms with van der Waals surface area (Å²) in [5, 5.41) is 10.7. The Morgan fingerprint density at radius 2 is 2.07 bits per heavy atom. The summed E-state index contributed by atoms with van der Waals surface area (Å²) < 4.78 is 13.4. The molecular formula is C11H14FNO2. The third-order valence-electron chi connectivity index (χ3n) is 2.28. The van der Waals surface area contributed by atoms with Crippen LogP contribution >= 0.6 is 0 Å². The molecule has 1 aromatic carbocycles. The normalized spacial score (nSPS) is 11.1. The van der Waals surface area contributed by atoms with Crippen molar-refractivity contribution in [3.05, 3.63) is 35.6 Å². The zero-order chi connectivity index (χ0) is 11.5. The topological polar surface area (TPSA) is 49.3 Å². The molecule has 2 N–H and O–H groups in total. The van der Waals surface area contributed by atoms with Gasteiger partial charge in [-0.2, -0.15) is 0 Å². The lowest BCUT2D eigenvalue weighted by atomic mass is 9.84. The van der Waals surface area contributed by atoms with Crippen LogP contribution < -0.4 is 5.32 Å². The number of rotatable bonds is 3. The maximum Gasteiger partial charge on any atom is 0.404 e. The molecule has 0 atom stereocenters. The Bertz CT molecular complexity index is 363. The van der Waals surface area contributed by atoms with E-state index in [1.54, 1.807) is 32.0 Å². The van der Waals surface area contributed by atoms with Crippen LogP contribution in [0, 0.1) is 5.82 Å². The minimum atomic E-state index is -1.10. The molecule has 0 unspecified atom stereocenters. The van der Waals surface area contributed by atoms with Crippen molar-refractivity contribution in [3.63, 3.8) is 0 Å². The zero-order valence-corrected chi connectivity index (χ0v) is 8.75. The van der Waals surface area contributed by atoms with Crippen molar-refractivity contribution in [2.45, 2.75) is 19.3 Å². The minimum absolute atomic E-state index is 0.184. The SMILES string of the molecule is CC(C)(CNC(=O)O)c1ccccc1F. The number of carboxylic acid groups (broad SMARTS) is 1. The molecular weight excluding hydrogens is 197 g/mol. The number of hydrogen-bond donors (Lipinski definition) is 2. The number of benzene rings is 1. The number of halogens is 1. The third kappa shape index (κ3) is 2.94. The fourth-order valence-corrected chi connectivity index (χ4v) is 1.40. The Kier molecular flexibility index (Phi) is 3.29. The first-order valence-corrected chi connectivity index (χ1v) is 4.65. The molecule has 0 aliphatic heterocycles. The van der Waals surface area contributed by atoms with Gasteiger partial charge in [0.2, 0.25) is 0 Å². The number of nitrogens with one attached hydrogen (secondary N) is 1. The van der Waals surface area contributed by atoms with E-state index in [-0.39, 0.29) is 12.4 Å². The number of amides is 1. The fourth-order valence-electron chi connectivity index (χ4n) is 1.40. The number of hydrogen-bond acceptors (Lipinski definition) is 1. The first-order valence-electron chi connectivity index (χ1n) is 4.65. The van der Waals surface area contributed by atoms with Crippen LogP contribution in [-0.2, 0) is 5.41 Å². The summed E-state index contributed by atoms with van der Waals surface area (Å²) in [6, 6.07) is 6.39. The first-order chi connectivity index (χ1) is 6.93. The van der Waals surface area contributed by atoms with Gasteiger partial charge in [-0.25, -0.2) is 9.18 Å². The molecule has 0 radical (unpaired) electrons. The largest absolute Gasteiger partial charge is 0.465 e. The maximum atomic E-state index is 13.4. The molecule has 0 aliphatic rings. The van der Waals surface area contributed by atoms with E-state index in [0.29, 0.717) is 5.56 Å². The van der Waals surface area contributed by atoms with Crippen molar-refractivity contribution in [2.75, 3.05) is 6.54 Å². The first kappa shape index (κ1) is 11.5. The number of carbonyl (C=O) groups is 1. The van der Waals surface area contributed by atoms with Gasteiger partial charge >= 0.3 is 6.09 Å². The van der Waals surface area contributed by atoms with Crippen LogP contribution in [0.4, 0.5) is 9.18 Å². The Morgan fingerprint density at radius 3 is 2.60 bits per heavy atom. The van der Waals surface area contributed by atoms with Crippen LogP contribution in [0.3, 0.4) is 0 Å². The van der Waals surface area contributed by atoms with Crippen LogP contribution in [0.2, 0.25) is 0 Å². The third-order valence-corrected chi connectivity index (χ3v) is 2.28. The molecule has 3 nitrogen and oxygen atoms in total. The molecule has 0 fully saturated rings. The van der Waals surface area contributed by atoms with E-state index in [2.05, 4.69) is 5.32 Å². The van der Waals surface area contributed by atoms with Crippen molar-refractivity contribution >= 4 is 6.09 Å². The molecule has 1 amide bonds. The standard InChI is InChI=1S/C11H14FNO2/c1-11(2,7-13-10(14)15)8-5-3-4-6-9(8)12/h3-6,13H,7H2,1-2H3,(H,14,15). The van der Waals surface area contributed by atoms with Crippen LogP contribution in [0.5, 0.6) is 0 Å². The van der Waals surface area contributed by atoms with Gasteiger partial charge in [-0.05, 0) is 11.6 Å². The van der Waals surface area contributed by atoms with E-state index in [1.165, 1.54) is 6.07 Å². The van der Waals surface area contributed by atoms with Crippen molar-refractivity contribution in [1.29, 1.82) is 0 Å². The summed E-state index contributed by atoms with van der Waals surface area (Å²) >= 11 is 0. The lowest BCUT2D eigenvalue weighted by Gasteiger charge is -2.25. The summed E-state index contributed by atoms with van der Waals surface area (Å²) in [6.07, 6.45) is -1.10. The van der Waals surface area contributed by atoms with Gasteiger partial charge in [0.25, 0.3) is 0 Å². The van der Waals surface area contributed by atoms with E-state index >= 15 is 0 Å². The second kappa shape index (κ2) is 4.29. The summed E-state index contributed by atoms with van der Waals surface area (Å²) in [4.78, 5) is 10.4. The predicted octanol–water partition coefficient (Wildman–Crippen LogP) is 2.37. The summed E-state index contributed by atoms with van der Waals surface area (Å²) in [5.41, 5.74) is -0.0391. The molecule has 0 aromatic heterocycles. The molecule has 1 rings (SSSR count). The van der Waals surface area contributed by atoms with E-state index in [0.717, 1.165) is 0 Å². The molecule has 0 aliphatic carbocycles. The maximum absolute atomic E-state index is 13.4. The highest BCUT2D eigenvalue weighted by molar-refractivity contribution is 5.64. The van der Waals surface area contributed by atoms with Gasteiger partial charge in [-0.1, -0.05) is 32.0 Å². The van der Waals surface area contributed by atoms with Crippen LogP contribution in [0.15, 0.2) is 24.3 Å². The van der Waals surface area contributed by atoms with E-state index in [1.807, 2.05) is 0 Å². The molecule has 0 bridgehead atoms. The highest BCUT2D eigenvalue weighted by Crippen LogP contribution is 2.24. The van der Waals surface area contributed by atoms with Gasteiger partial charge < -0.3 is 10.4 Å². The fraction of sp³-hybridized carbons (Fsp3) is 0.364. The summed E-state index contributed by atoms with van der Waals surface area (Å²) in [6.45, 7) is 3.77. The summed E-state index contributed by atoms with van der Waals surface area (Å²) in [7, 11) is 0. The minimum Gasteiger partial charge on any atom is -0.465 e. The lowest BCUT2D eigenvalue weighted by Crippen LogP contribution is -2.36. The van der Waals surface area contributed by atoms with Crippen molar-refractivity contribution in [1.82, 2.24) is 5.32 Å². The second-order valence-corrected chi connectivity index (χ2v) is 4.02. The predicted molar refractivity (Wildman–Crippen MR) is 55.5 cm³/mol. The van der Waals surface area contributed by atoms with Gasteiger partial charge in [-0.15, -0.1) is 0 Å². The van der Waals surface area contributed by atoms with Gasteiger partial charge in [0.1, 0.15) is 5.82 Å². The van der Waals surface area contributed by atoms with E-state index < -0.39 is 11.5 Å². The molecule has 0 saturated heterocycles. The Hall–Kier alpha value is -1.58. The monoisotopic (exact) mass is 211 g/mol. The van der Waals surface area contributed by atoms with Crippen molar-refractivity contribution in [2.24, 2.45) is 0 Å². The van der Waals surface area contributed by atoms with Crippen LogP contribution in [0.1, 0.15) is 19.4 Å². The molecule has 15 heavy (non-hydrogen) atoms. The average molecular weight is 211 g/mol. The highest BCUT2D eigenvalue weighted by Gasteiger charge is 2.24. The van der Waals surface area contributed by atoms with E-state index in [4.69, 9.17) is 5.11 Å².